The second-order valence-electron chi connectivity index (χ2n) is 8.55. The Morgan fingerprint density at radius 1 is 1.12 bits per heavy atom. The minimum absolute atomic E-state index is 0.0780. The van der Waals surface area contributed by atoms with Gasteiger partial charge >= 0.3 is 0 Å². The van der Waals surface area contributed by atoms with E-state index in [2.05, 4.69) is 43.2 Å². The Morgan fingerprint density at radius 2 is 2.00 bits per heavy atom. The standard InChI is InChI=1S/C26H25N7O/c1-18-31-24(34-32-18)14-22-8-4-12-33(22)26(20-6-2-5-19(13-20)15-27)25(21-7-3-9-28-16-21)23-17-29-10-11-30-23/h2-3,5-7,9-11,13,16-17,22,25-26H,4,8,12,14H2,1H3. The van der Waals surface area contributed by atoms with E-state index in [1.165, 1.54) is 0 Å². The lowest BCUT2D eigenvalue weighted by atomic mass is 9.83. The number of aromatic nitrogens is 5. The van der Waals surface area contributed by atoms with Gasteiger partial charge in [0.15, 0.2) is 5.82 Å². The second-order valence-corrected chi connectivity index (χ2v) is 8.55. The molecule has 1 fully saturated rings. The predicted molar refractivity (Wildman–Crippen MR) is 124 cm³/mol. The highest BCUT2D eigenvalue weighted by molar-refractivity contribution is 5.39. The van der Waals surface area contributed by atoms with Crippen LogP contribution >= 0.6 is 0 Å². The average molecular weight is 452 g/mol. The maximum atomic E-state index is 9.61. The third-order valence-corrected chi connectivity index (χ3v) is 6.38. The van der Waals surface area contributed by atoms with Gasteiger partial charge in [-0.15, -0.1) is 0 Å². The predicted octanol–water partition coefficient (Wildman–Crippen LogP) is 4.02. The Kier molecular flexibility index (Phi) is 6.36. The van der Waals surface area contributed by atoms with E-state index in [1.807, 2.05) is 43.6 Å². The number of nitriles is 1. The molecular formula is C26H25N7O. The Hall–Kier alpha value is -3.96. The van der Waals surface area contributed by atoms with E-state index in [0.717, 1.165) is 36.2 Å². The maximum absolute atomic E-state index is 9.61. The summed E-state index contributed by atoms with van der Waals surface area (Å²) in [7, 11) is 0. The highest BCUT2D eigenvalue weighted by Crippen LogP contribution is 2.43. The Morgan fingerprint density at radius 3 is 2.74 bits per heavy atom. The van der Waals surface area contributed by atoms with Crippen molar-refractivity contribution in [3.8, 4) is 6.07 Å². The van der Waals surface area contributed by atoms with Gasteiger partial charge < -0.3 is 4.52 Å². The molecule has 0 bridgehead atoms. The van der Waals surface area contributed by atoms with Crippen molar-refractivity contribution in [2.75, 3.05) is 6.54 Å². The summed E-state index contributed by atoms with van der Waals surface area (Å²) >= 11 is 0. The number of likely N-dealkylation sites (tertiary alicyclic amines) is 1. The zero-order chi connectivity index (χ0) is 23.3. The molecule has 4 heterocycles. The number of benzene rings is 1. The van der Waals surface area contributed by atoms with Gasteiger partial charge in [0.05, 0.1) is 17.3 Å². The van der Waals surface area contributed by atoms with Gasteiger partial charge in [-0.1, -0.05) is 23.4 Å². The summed E-state index contributed by atoms with van der Waals surface area (Å²) in [5.74, 6) is 1.17. The van der Waals surface area contributed by atoms with Crippen LogP contribution in [0.5, 0.6) is 0 Å². The highest BCUT2D eigenvalue weighted by atomic mass is 16.5. The fourth-order valence-corrected chi connectivity index (χ4v) is 4.98. The molecule has 0 aliphatic carbocycles. The fourth-order valence-electron chi connectivity index (χ4n) is 4.98. The summed E-state index contributed by atoms with van der Waals surface area (Å²) in [5.41, 5.74) is 3.61. The molecule has 1 aliphatic rings. The number of pyridine rings is 1. The molecule has 3 aromatic heterocycles. The first-order valence-electron chi connectivity index (χ1n) is 11.4. The van der Waals surface area contributed by atoms with Crippen LogP contribution in [0.2, 0.25) is 0 Å². The first kappa shape index (κ1) is 21.9. The second kappa shape index (κ2) is 9.89. The molecule has 0 radical (unpaired) electrons. The van der Waals surface area contributed by atoms with E-state index in [4.69, 9.17) is 9.51 Å². The van der Waals surface area contributed by atoms with Crippen LogP contribution in [0.1, 0.15) is 58.9 Å². The van der Waals surface area contributed by atoms with Crippen molar-refractivity contribution in [2.45, 2.75) is 44.2 Å². The maximum Gasteiger partial charge on any atom is 0.228 e. The van der Waals surface area contributed by atoms with Crippen LogP contribution in [0.3, 0.4) is 0 Å². The van der Waals surface area contributed by atoms with Gasteiger partial charge in [0.1, 0.15) is 0 Å². The van der Waals surface area contributed by atoms with Gasteiger partial charge in [0, 0.05) is 55.4 Å². The molecule has 4 aromatic rings. The van der Waals surface area contributed by atoms with E-state index in [9.17, 15) is 5.26 Å². The topological polar surface area (TPSA) is 105 Å². The van der Waals surface area contributed by atoms with Crippen LogP contribution in [-0.4, -0.2) is 42.6 Å². The van der Waals surface area contributed by atoms with Gasteiger partial charge in [-0.2, -0.15) is 10.2 Å². The fraction of sp³-hybridized carbons (Fsp3) is 0.308. The largest absolute Gasteiger partial charge is 0.339 e. The quantitative estimate of drug-likeness (QED) is 0.415. The van der Waals surface area contributed by atoms with Gasteiger partial charge in [-0.3, -0.25) is 19.9 Å². The lowest BCUT2D eigenvalue weighted by Crippen LogP contribution is -2.38. The molecule has 8 heteroatoms. The summed E-state index contributed by atoms with van der Waals surface area (Å²) in [5, 5.41) is 13.6. The third kappa shape index (κ3) is 4.56. The monoisotopic (exact) mass is 451 g/mol. The molecule has 0 N–H and O–H groups in total. The molecule has 3 atom stereocenters. The van der Waals surface area contributed by atoms with Crippen molar-refractivity contribution in [3.63, 3.8) is 0 Å². The Bertz CT molecular complexity index is 1230. The molecule has 5 rings (SSSR count). The van der Waals surface area contributed by atoms with Gasteiger partial charge in [-0.25, -0.2) is 0 Å². The SMILES string of the molecule is Cc1noc(CC2CCCN2C(c2cccc(C#N)c2)C(c2cccnc2)c2cnccn2)n1. The molecule has 3 unspecified atom stereocenters. The van der Waals surface area contributed by atoms with Crippen LogP contribution in [-0.2, 0) is 6.42 Å². The highest BCUT2D eigenvalue weighted by Gasteiger charge is 2.39. The van der Waals surface area contributed by atoms with Crippen LogP contribution in [0.25, 0.3) is 0 Å². The molecule has 0 saturated carbocycles. The molecule has 1 aromatic carbocycles. The molecule has 1 aliphatic heterocycles. The average Bonchev–Trinajstić information content (AvgIpc) is 3.52. The first-order valence-corrected chi connectivity index (χ1v) is 11.4. The van der Waals surface area contributed by atoms with Gasteiger partial charge in [-0.05, 0) is 55.6 Å². The van der Waals surface area contributed by atoms with Crippen molar-refractivity contribution < 1.29 is 4.52 Å². The van der Waals surface area contributed by atoms with Crippen LogP contribution in [0.15, 0.2) is 71.9 Å². The summed E-state index contributed by atoms with van der Waals surface area (Å²) in [6.07, 6.45) is 11.7. The Balaban J connectivity index is 1.63. The van der Waals surface area contributed by atoms with Gasteiger partial charge in [0.2, 0.25) is 5.89 Å². The van der Waals surface area contributed by atoms with E-state index >= 15 is 0 Å². The summed E-state index contributed by atoms with van der Waals surface area (Å²) in [4.78, 5) is 20.4. The van der Waals surface area contributed by atoms with Crippen LogP contribution in [0, 0.1) is 18.3 Å². The number of hydrogen-bond acceptors (Lipinski definition) is 8. The van der Waals surface area contributed by atoms with E-state index < -0.39 is 0 Å². The molecular weight excluding hydrogens is 426 g/mol. The Labute approximate surface area is 198 Å². The number of rotatable bonds is 7. The number of aryl methyl sites for hydroxylation is 1. The normalized spacial score (nSPS) is 17.8. The molecule has 8 nitrogen and oxygen atoms in total. The smallest absolute Gasteiger partial charge is 0.228 e. The van der Waals surface area contributed by atoms with Crippen molar-refractivity contribution >= 4 is 0 Å². The van der Waals surface area contributed by atoms with Crippen LogP contribution in [0.4, 0.5) is 0 Å². The molecule has 34 heavy (non-hydrogen) atoms. The van der Waals surface area contributed by atoms with Crippen LogP contribution < -0.4 is 0 Å². The molecule has 0 spiro atoms. The summed E-state index contributed by atoms with van der Waals surface area (Å²) in [6.45, 7) is 2.75. The number of hydrogen-bond donors (Lipinski definition) is 0. The molecule has 170 valence electrons. The molecule has 1 saturated heterocycles. The lowest BCUT2D eigenvalue weighted by Gasteiger charge is -2.38. The minimum atomic E-state index is -0.124. The zero-order valence-electron chi connectivity index (χ0n) is 19.0. The van der Waals surface area contributed by atoms with Crippen molar-refractivity contribution in [3.05, 3.63) is 101 Å². The van der Waals surface area contributed by atoms with E-state index in [-0.39, 0.29) is 18.0 Å². The first-order chi connectivity index (χ1) is 16.7. The third-order valence-electron chi connectivity index (χ3n) is 6.38. The molecule has 0 amide bonds. The van der Waals surface area contributed by atoms with E-state index in [1.54, 1.807) is 18.6 Å². The lowest BCUT2D eigenvalue weighted by molar-refractivity contribution is 0.155. The van der Waals surface area contributed by atoms with Gasteiger partial charge in [0.25, 0.3) is 0 Å². The number of nitrogens with zero attached hydrogens (tertiary/aromatic N) is 7. The summed E-state index contributed by atoms with van der Waals surface area (Å²) < 4.78 is 5.46. The zero-order valence-corrected chi connectivity index (χ0v) is 19.0. The van der Waals surface area contributed by atoms with Crippen molar-refractivity contribution in [1.29, 1.82) is 5.26 Å². The minimum Gasteiger partial charge on any atom is -0.339 e. The van der Waals surface area contributed by atoms with E-state index in [0.29, 0.717) is 23.7 Å². The van der Waals surface area contributed by atoms with Crippen molar-refractivity contribution in [1.82, 2.24) is 30.0 Å². The summed E-state index contributed by atoms with van der Waals surface area (Å²) in [6, 6.07) is 14.3. The van der Waals surface area contributed by atoms with Crippen molar-refractivity contribution in [2.24, 2.45) is 0 Å².